The first-order chi connectivity index (χ1) is 8.79. The van der Waals surface area contributed by atoms with Crippen LogP contribution in [0.2, 0.25) is 0 Å². The van der Waals surface area contributed by atoms with Crippen molar-refractivity contribution in [3.63, 3.8) is 0 Å². The number of methoxy groups -OCH3 is 2. The zero-order chi connectivity index (χ0) is 14.6. The molecule has 0 fully saturated rings. The summed E-state index contributed by atoms with van der Waals surface area (Å²) in [5.74, 6) is 0.893. The molecule has 0 aliphatic rings. The lowest BCUT2D eigenvalue weighted by molar-refractivity contribution is -0.00175. The first-order valence-electron chi connectivity index (χ1n) is 6.71. The summed E-state index contributed by atoms with van der Waals surface area (Å²) in [5.41, 5.74) is 8.71. The molecule has 1 rings (SSSR count). The molecule has 108 valence electrons. The van der Waals surface area contributed by atoms with Gasteiger partial charge in [0, 0.05) is 13.2 Å². The lowest BCUT2D eigenvalue weighted by atomic mass is 9.82. The molecule has 0 aliphatic heterocycles. The van der Waals surface area contributed by atoms with Gasteiger partial charge in [0.1, 0.15) is 5.75 Å². The number of rotatable bonds is 5. The van der Waals surface area contributed by atoms with E-state index in [9.17, 15) is 0 Å². The highest BCUT2D eigenvalue weighted by Crippen LogP contribution is 2.27. The van der Waals surface area contributed by atoms with Crippen LogP contribution in [-0.4, -0.2) is 26.4 Å². The van der Waals surface area contributed by atoms with Gasteiger partial charge < -0.3 is 15.2 Å². The van der Waals surface area contributed by atoms with Crippen molar-refractivity contribution < 1.29 is 9.47 Å². The second kappa shape index (κ2) is 6.40. The van der Waals surface area contributed by atoms with Gasteiger partial charge in [-0.3, -0.25) is 0 Å². The summed E-state index contributed by atoms with van der Waals surface area (Å²) in [4.78, 5) is 0. The minimum Gasteiger partial charge on any atom is -0.496 e. The molecule has 3 nitrogen and oxygen atoms in total. The third kappa shape index (κ3) is 4.22. The molecule has 2 atom stereocenters. The molecule has 0 bridgehead atoms. The molecule has 0 aromatic heterocycles. The summed E-state index contributed by atoms with van der Waals surface area (Å²) < 4.78 is 11.0. The Morgan fingerprint density at radius 3 is 2.32 bits per heavy atom. The van der Waals surface area contributed by atoms with Crippen LogP contribution < -0.4 is 10.5 Å². The van der Waals surface area contributed by atoms with Crippen LogP contribution in [0.25, 0.3) is 0 Å². The predicted octanol–water partition coefficient (Wildman–Crippen LogP) is 2.93. The van der Waals surface area contributed by atoms with Gasteiger partial charge in [-0.2, -0.15) is 0 Å². The topological polar surface area (TPSA) is 44.5 Å². The summed E-state index contributed by atoms with van der Waals surface area (Å²) in [5, 5.41) is 0. The van der Waals surface area contributed by atoms with Crippen molar-refractivity contribution in [3.8, 4) is 5.75 Å². The fourth-order valence-electron chi connectivity index (χ4n) is 2.60. The van der Waals surface area contributed by atoms with Crippen molar-refractivity contribution in [2.24, 2.45) is 11.1 Å². The van der Waals surface area contributed by atoms with Crippen LogP contribution in [-0.2, 0) is 11.2 Å². The number of hydrogen-bond donors (Lipinski definition) is 1. The van der Waals surface area contributed by atoms with E-state index in [-0.39, 0.29) is 17.6 Å². The summed E-state index contributed by atoms with van der Waals surface area (Å²) in [6, 6.07) is 6.12. The first-order valence-corrected chi connectivity index (χ1v) is 6.71. The van der Waals surface area contributed by atoms with Crippen molar-refractivity contribution in [2.45, 2.75) is 46.3 Å². The Bertz CT molecular complexity index is 410. The number of aryl methyl sites for hydroxylation is 1. The van der Waals surface area contributed by atoms with Gasteiger partial charge in [-0.1, -0.05) is 38.5 Å². The molecule has 2 unspecified atom stereocenters. The average molecular weight is 265 g/mol. The van der Waals surface area contributed by atoms with Crippen molar-refractivity contribution in [2.75, 3.05) is 14.2 Å². The number of benzene rings is 1. The van der Waals surface area contributed by atoms with Gasteiger partial charge >= 0.3 is 0 Å². The van der Waals surface area contributed by atoms with E-state index in [2.05, 4.69) is 33.8 Å². The molecule has 2 N–H and O–H groups in total. The maximum Gasteiger partial charge on any atom is 0.122 e. The van der Waals surface area contributed by atoms with Gasteiger partial charge in [0.25, 0.3) is 0 Å². The largest absolute Gasteiger partial charge is 0.496 e. The number of nitrogens with two attached hydrogens (primary N) is 1. The third-order valence-corrected chi connectivity index (χ3v) is 3.39. The van der Waals surface area contributed by atoms with Crippen LogP contribution in [0.15, 0.2) is 18.2 Å². The molecule has 1 aromatic rings. The minimum atomic E-state index is -0.0549. The second-order valence-corrected chi connectivity index (χ2v) is 6.21. The van der Waals surface area contributed by atoms with Crippen LogP contribution >= 0.6 is 0 Å². The zero-order valence-corrected chi connectivity index (χ0v) is 13.0. The summed E-state index contributed by atoms with van der Waals surface area (Å²) in [6.45, 7) is 8.52. The van der Waals surface area contributed by atoms with Gasteiger partial charge in [0.2, 0.25) is 0 Å². The van der Waals surface area contributed by atoms with Gasteiger partial charge in [0.15, 0.2) is 0 Å². The highest BCUT2D eigenvalue weighted by Gasteiger charge is 2.30. The average Bonchev–Trinajstić information content (AvgIpc) is 2.28. The monoisotopic (exact) mass is 265 g/mol. The Morgan fingerprint density at radius 2 is 1.84 bits per heavy atom. The van der Waals surface area contributed by atoms with E-state index in [0.29, 0.717) is 0 Å². The molecular weight excluding hydrogens is 238 g/mol. The van der Waals surface area contributed by atoms with Gasteiger partial charge in [-0.05, 0) is 30.4 Å². The molecule has 0 heterocycles. The highest BCUT2D eigenvalue weighted by atomic mass is 16.5. The number of ether oxygens (including phenoxy) is 2. The van der Waals surface area contributed by atoms with E-state index in [1.807, 2.05) is 12.1 Å². The summed E-state index contributed by atoms with van der Waals surface area (Å²) >= 11 is 0. The molecule has 0 radical (unpaired) electrons. The SMILES string of the molecule is COc1ccc(C)cc1CC(N)C(OC)C(C)(C)C. The van der Waals surface area contributed by atoms with E-state index in [0.717, 1.165) is 17.7 Å². The van der Waals surface area contributed by atoms with E-state index in [1.165, 1.54) is 5.56 Å². The maximum absolute atomic E-state index is 6.34. The Hall–Kier alpha value is -1.06. The van der Waals surface area contributed by atoms with Gasteiger partial charge in [-0.25, -0.2) is 0 Å². The molecule has 3 heteroatoms. The van der Waals surface area contributed by atoms with E-state index in [4.69, 9.17) is 15.2 Å². The standard InChI is InChI=1S/C16H27NO2/c1-11-7-8-14(18-5)12(9-11)10-13(17)15(19-6)16(2,3)4/h7-9,13,15H,10,17H2,1-6H3. The molecular formula is C16H27NO2. The van der Waals surface area contributed by atoms with Crippen molar-refractivity contribution in [3.05, 3.63) is 29.3 Å². The Morgan fingerprint density at radius 1 is 1.21 bits per heavy atom. The first kappa shape index (κ1) is 16.0. The van der Waals surface area contributed by atoms with Crippen LogP contribution in [0, 0.1) is 12.3 Å². The van der Waals surface area contributed by atoms with Crippen LogP contribution in [0.5, 0.6) is 5.75 Å². The molecule has 19 heavy (non-hydrogen) atoms. The normalized spacial score (nSPS) is 15.1. The molecule has 0 spiro atoms. The third-order valence-electron chi connectivity index (χ3n) is 3.39. The fourth-order valence-corrected chi connectivity index (χ4v) is 2.60. The molecule has 0 saturated heterocycles. The van der Waals surface area contributed by atoms with Crippen LogP contribution in [0.3, 0.4) is 0 Å². The van der Waals surface area contributed by atoms with E-state index < -0.39 is 0 Å². The summed E-state index contributed by atoms with van der Waals surface area (Å²) in [6.07, 6.45) is 0.762. The summed E-state index contributed by atoms with van der Waals surface area (Å²) in [7, 11) is 3.42. The molecule has 0 amide bonds. The highest BCUT2D eigenvalue weighted by molar-refractivity contribution is 5.37. The van der Waals surface area contributed by atoms with Gasteiger partial charge in [-0.15, -0.1) is 0 Å². The van der Waals surface area contributed by atoms with E-state index >= 15 is 0 Å². The quantitative estimate of drug-likeness (QED) is 0.890. The Labute approximate surface area is 117 Å². The number of hydrogen-bond acceptors (Lipinski definition) is 3. The van der Waals surface area contributed by atoms with Crippen molar-refractivity contribution in [1.82, 2.24) is 0 Å². The lowest BCUT2D eigenvalue weighted by Crippen LogP contribution is -2.46. The fraction of sp³-hybridized carbons (Fsp3) is 0.625. The molecule has 0 aliphatic carbocycles. The second-order valence-electron chi connectivity index (χ2n) is 6.21. The van der Waals surface area contributed by atoms with Gasteiger partial charge in [0.05, 0.1) is 13.2 Å². The smallest absolute Gasteiger partial charge is 0.122 e. The molecule has 1 aromatic carbocycles. The molecule has 0 saturated carbocycles. The van der Waals surface area contributed by atoms with Crippen LogP contribution in [0.1, 0.15) is 31.9 Å². The van der Waals surface area contributed by atoms with E-state index in [1.54, 1.807) is 14.2 Å². The lowest BCUT2D eigenvalue weighted by Gasteiger charge is -2.34. The minimum absolute atomic E-state index is 0.0118. The zero-order valence-electron chi connectivity index (χ0n) is 13.0. The van der Waals surface area contributed by atoms with Crippen molar-refractivity contribution in [1.29, 1.82) is 0 Å². The maximum atomic E-state index is 6.34. The van der Waals surface area contributed by atoms with Crippen LogP contribution in [0.4, 0.5) is 0 Å². The Balaban J connectivity index is 2.92. The Kier molecular flexibility index (Phi) is 5.39. The van der Waals surface area contributed by atoms with Crippen molar-refractivity contribution >= 4 is 0 Å². The predicted molar refractivity (Wildman–Crippen MR) is 79.7 cm³/mol.